The summed E-state index contributed by atoms with van der Waals surface area (Å²) in [6.07, 6.45) is 0. The lowest BCUT2D eigenvalue weighted by Crippen LogP contribution is -2.68. The van der Waals surface area contributed by atoms with Crippen molar-refractivity contribution >= 4 is 35.7 Å². The molecule has 1 saturated heterocycles. The first-order valence-corrected chi connectivity index (χ1v) is 18.1. The highest BCUT2D eigenvalue weighted by molar-refractivity contribution is 7.99. The average Bonchev–Trinajstić information content (AvgIpc) is 2.18. The maximum Gasteiger partial charge on any atom is 0.469 e. The predicted octanol–water partition coefficient (Wildman–Crippen LogP) is 3.40. The summed E-state index contributed by atoms with van der Waals surface area (Å²) in [6, 6.07) is 0. The van der Waals surface area contributed by atoms with E-state index in [1.165, 1.54) is 0 Å². The van der Waals surface area contributed by atoms with Crippen molar-refractivity contribution in [1.29, 1.82) is 0 Å². The molecule has 2 unspecified atom stereocenters. The molecule has 0 aromatic rings. The van der Waals surface area contributed by atoms with E-state index in [4.69, 9.17) is 13.3 Å². The molecule has 0 saturated carbocycles. The van der Waals surface area contributed by atoms with Crippen molar-refractivity contribution in [3.63, 3.8) is 0 Å². The first kappa shape index (κ1) is 17.9. The van der Waals surface area contributed by atoms with Crippen molar-refractivity contribution in [2.24, 2.45) is 0 Å². The lowest BCUT2D eigenvalue weighted by molar-refractivity contribution is 0.0762. The molecule has 0 aromatic carbocycles. The fourth-order valence-electron chi connectivity index (χ4n) is 1.98. The zero-order valence-corrected chi connectivity index (χ0v) is 17.4. The Bertz CT molecular complexity index is 291. The van der Waals surface area contributed by atoms with Gasteiger partial charge in [-0.05, 0) is 6.92 Å². The monoisotopic (exact) mass is 338 g/mol. The molecule has 19 heavy (non-hydrogen) atoms. The molecule has 7 heteroatoms. The molecule has 1 heterocycles. The van der Waals surface area contributed by atoms with Crippen LogP contribution in [0.25, 0.3) is 0 Å². The first-order chi connectivity index (χ1) is 8.62. The molecule has 0 aromatic heterocycles. The largest absolute Gasteiger partial charge is 0.469 e. The van der Waals surface area contributed by atoms with Gasteiger partial charge >= 0.3 is 8.32 Å². The number of hydrogen-bond acceptors (Lipinski definition) is 4. The molecule has 1 aliphatic heterocycles. The van der Waals surface area contributed by atoms with Crippen LogP contribution in [0.15, 0.2) is 0 Å². The minimum absolute atomic E-state index is 0.350. The van der Waals surface area contributed by atoms with Gasteiger partial charge < -0.3 is 13.3 Å². The van der Waals surface area contributed by atoms with E-state index in [9.17, 15) is 0 Å². The van der Waals surface area contributed by atoms with Crippen LogP contribution in [0, 0.1) is 0 Å². The fourth-order valence-corrected chi connectivity index (χ4v) is 15.0. The Morgan fingerprint density at radius 3 is 2.32 bits per heavy atom. The van der Waals surface area contributed by atoms with Gasteiger partial charge in [0.2, 0.25) is 0 Å². The molecule has 1 rings (SSSR count). The lowest BCUT2D eigenvalue weighted by Gasteiger charge is -2.44. The Morgan fingerprint density at radius 2 is 1.84 bits per heavy atom. The third kappa shape index (κ3) is 4.69. The van der Waals surface area contributed by atoms with Crippen LogP contribution in [-0.2, 0) is 13.3 Å². The summed E-state index contributed by atoms with van der Waals surface area (Å²) < 4.78 is 19.1. The molecule has 0 amide bonds. The zero-order valence-electron chi connectivity index (χ0n) is 13.5. The lowest BCUT2D eigenvalue weighted by atomic mass is 10.8. The van der Waals surface area contributed by atoms with Crippen LogP contribution in [0.3, 0.4) is 0 Å². The molecule has 1 aliphatic rings. The third-order valence-electron chi connectivity index (χ3n) is 3.31. The number of thioether (sulfide) groups is 1. The van der Waals surface area contributed by atoms with E-state index in [-0.39, 0.29) is 0 Å². The summed E-state index contributed by atoms with van der Waals surface area (Å²) >= 11 is 1.96. The minimum Gasteiger partial charge on any atom is -0.377 e. The SMILES string of the molecule is CCO[Si]1([Si](C)(C)C)OCCSCC([Si](C)(C)C)O1. The summed E-state index contributed by atoms with van der Waals surface area (Å²) in [5.41, 5.74) is 0.350. The van der Waals surface area contributed by atoms with Crippen LogP contribution in [0.2, 0.25) is 39.3 Å². The average molecular weight is 339 g/mol. The number of rotatable bonds is 4. The molecular weight excluding hydrogens is 308 g/mol. The second-order valence-electron chi connectivity index (χ2n) is 7.14. The highest BCUT2D eigenvalue weighted by Crippen LogP contribution is 2.30. The topological polar surface area (TPSA) is 27.7 Å². The molecule has 1 fully saturated rings. The quantitative estimate of drug-likeness (QED) is 0.734. The molecule has 2 atom stereocenters. The van der Waals surface area contributed by atoms with Gasteiger partial charge in [-0.15, -0.1) is 0 Å². The third-order valence-corrected chi connectivity index (χ3v) is 17.5. The summed E-state index contributed by atoms with van der Waals surface area (Å²) in [6.45, 7) is 17.7. The molecule has 114 valence electrons. The van der Waals surface area contributed by atoms with Crippen molar-refractivity contribution < 1.29 is 13.3 Å². The van der Waals surface area contributed by atoms with Crippen LogP contribution in [0.4, 0.5) is 0 Å². The van der Waals surface area contributed by atoms with E-state index in [1.807, 2.05) is 11.8 Å². The van der Waals surface area contributed by atoms with Gasteiger partial charge in [-0.3, -0.25) is 0 Å². The Hall–Kier alpha value is 0.881. The van der Waals surface area contributed by atoms with Gasteiger partial charge in [-0.1, -0.05) is 39.3 Å². The van der Waals surface area contributed by atoms with Crippen LogP contribution in [0.1, 0.15) is 6.92 Å². The van der Waals surface area contributed by atoms with Gasteiger partial charge in [0.1, 0.15) is 7.59 Å². The highest BCUT2D eigenvalue weighted by Gasteiger charge is 2.56. The highest BCUT2D eigenvalue weighted by atomic mass is 32.2. The van der Waals surface area contributed by atoms with Gasteiger partial charge in [0.25, 0.3) is 0 Å². The normalized spacial score (nSPS) is 30.8. The second kappa shape index (κ2) is 6.76. The summed E-state index contributed by atoms with van der Waals surface area (Å²) in [7, 11) is -5.45. The second-order valence-corrected chi connectivity index (χ2v) is 26.4. The zero-order chi connectivity index (χ0) is 14.7. The molecule has 0 spiro atoms. The van der Waals surface area contributed by atoms with Gasteiger partial charge in [0, 0.05) is 30.4 Å². The Balaban J connectivity index is 3.03. The van der Waals surface area contributed by atoms with Gasteiger partial charge in [-0.25, -0.2) is 0 Å². The van der Waals surface area contributed by atoms with E-state index in [1.54, 1.807) is 0 Å². The molecule has 0 bridgehead atoms. The van der Waals surface area contributed by atoms with Gasteiger partial charge in [-0.2, -0.15) is 11.8 Å². The molecule has 3 nitrogen and oxygen atoms in total. The predicted molar refractivity (Wildman–Crippen MR) is 92.2 cm³/mol. The van der Waals surface area contributed by atoms with Crippen LogP contribution in [-0.4, -0.2) is 54.4 Å². The van der Waals surface area contributed by atoms with Crippen molar-refractivity contribution in [2.45, 2.75) is 51.9 Å². The minimum atomic E-state index is -2.48. The molecule has 0 N–H and O–H groups in total. The first-order valence-electron chi connectivity index (χ1n) is 7.16. The standard InChI is InChI=1S/C12H30O3SSi3/c1-8-13-19(18(5,6)7)14-9-10-16-11-12(15-19)17(2,3)4/h12H,8-11H2,1-7H3. The van der Waals surface area contributed by atoms with E-state index < -0.39 is 24.0 Å². The van der Waals surface area contributed by atoms with E-state index in [2.05, 4.69) is 46.2 Å². The molecule has 0 radical (unpaired) electrons. The van der Waals surface area contributed by atoms with Crippen molar-refractivity contribution in [1.82, 2.24) is 0 Å². The molecular formula is C12H30O3SSi3. The van der Waals surface area contributed by atoms with Crippen LogP contribution < -0.4 is 0 Å². The van der Waals surface area contributed by atoms with E-state index in [0.717, 1.165) is 18.1 Å². The van der Waals surface area contributed by atoms with Crippen LogP contribution in [0.5, 0.6) is 0 Å². The van der Waals surface area contributed by atoms with Crippen molar-refractivity contribution in [2.75, 3.05) is 24.7 Å². The Kier molecular flexibility index (Phi) is 6.38. The summed E-state index contributed by atoms with van der Waals surface area (Å²) in [4.78, 5) is 0. The smallest absolute Gasteiger partial charge is 0.377 e. The van der Waals surface area contributed by atoms with Crippen LogP contribution >= 0.6 is 11.8 Å². The Labute approximate surface area is 126 Å². The Morgan fingerprint density at radius 1 is 1.21 bits per heavy atom. The van der Waals surface area contributed by atoms with Crippen molar-refractivity contribution in [3.8, 4) is 0 Å². The fraction of sp³-hybridized carbons (Fsp3) is 1.00. The van der Waals surface area contributed by atoms with Gasteiger partial charge in [0.15, 0.2) is 0 Å². The van der Waals surface area contributed by atoms with E-state index in [0.29, 0.717) is 12.3 Å². The number of hydrogen-bond donors (Lipinski definition) is 0. The summed E-state index contributed by atoms with van der Waals surface area (Å²) in [5, 5.41) is 0. The summed E-state index contributed by atoms with van der Waals surface area (Å²) in [5.74, 6) is 2.17. The van der Waals surface area contributed by atoms with Crippen molar-refractivity contribution in [3.05, 3.63) is 0 Å². The van der Waals surface area contributed by atoms with Gasteiger partial charge in [0.05, 0.1) is 8.07 Å². The van der Waals surface area contributed by atoms with E-state index >= 15 is 0 Å². The molecule has 0 aliphatic carbocycles. The maximum atomic E-state index is 6.65. The maximum absolute atomic E-state index is 6.65.